The van der Waals surface area contributed by atoms with E-state index < -0.39 is 12.1 Å². The second-order valence-corrected chi connectivity index (χ2v) is 18.3. The molecule has 0 saturated carbocycles. The largest absolute Gasteiger partial charge is 0.394 e. The Morgan fingerprint density at radius 3 is 1.00 bits per heavy atom. The summed E-state index contributed by atoms with van der Waals surface area (Å²) in [6.07, 6.45) is 86.0. The zero-order valence-electron chi connectivity index (χ0n) is 43.2. The first-order chi connectivity index (χ1) is 32.7. The second kappa shape index (κ2) is 56.1. The number of carbonyl (C=O) groups is 1. The van der Waals surface area contributed by atoms with E-state index in [1.165, 1.54) is 128 Å². The molecule has 0 saturated heterocycles. The molecule has 0 bridgehead atoms. The summed E-state index contributed by atoms with van der Waals surface area (Å²) in [6, 6.07) is -0.545. The zero-order chi connectivity index (χ0) is 47.7. The van der Waals surface area contributed by atoms with E-state index in [0.29, 0.717) is 12.8 Å². The Labute approximate surface area is 409 Å². The Balaban J connectivity index is 3.58. The lowest BCUT2D eigenvalue weighted by Gasteiger charge is -2.22. The van der Waals surface area contributed by atoms with Crippen molar-refractivity contribution < 1.29 is 15.0 Å². The summed E-state index contributed by atoms with van der Waals surface area (Å²) >= 11 is 0. The lowest BCUT2D eigenvalue weighted by Crippen LogP contribution is -2.45. The Hall–Kier alpha value is -3.21. The summed E-state index contributed by atoms with van der Waals surface area (Å²) in [5.74, 6) is -0.0408. The number of unbranched alkanes of at least 4 members (excludes halogenated alkanes) is 22. The van der Waals surface area contributed by atoms with Crippen molar-refractivity contribution >= 4 is 5.91 Å². The van der Waals surface area contributed by atoms with E-state index in [1.807, 2.05) is 0 Å². The molecular weight excluding hydrogens is 807 g/mol. The lowest BCUT2D eigenvalue weighted by atomic mass is 10.0. The van der Waals surface area contributed by atoms with Gasteiger partial charge in [0, 0.05) is 6.42 Å². The molecule has 0 aliphatic carbocycles. The number of hydrogen-bond acceptors (Lipinski definition) is 3. The number of aliphatic hydroxyl groups is 2. The van der Waals surface area contributed by atoms with Crippen molar-refractivity contribution in [3.63, 3.8) is 0 Å². The summed E-state index contributed by atoms with van der Waals surface area (Å²) in [4.78, 5) is 12.5. The molecule has 0 aliphatic rings. The molecule has 0 aromatic rings. The van der Waals surface area contributed by atoms with Crippen LogP contribution in [0, 0.1) is 0 Å². The van der Waals surface area contributed by atoms with Crippen molar-refractivity contribution in [1.82, 2.24) is 5.32 Å². The molecule has 0 fully saturated rings. The number of allylic oxidation sites excluding steroid dienone is 20. The maximum Gasteiger partial charge on any atom is 0.220 e. The molecule has 4 heteroatoms. The Morgan fingerprint density at radius 1 is 0.379 bits per heavy atom. The van der Waals surface area contributed by atoms with Gasteiger partial charge in [0.15, 0.2) is 0 Å². The van der Waals surface area contributed by atoms with Gasteiger partial charge in [0.2, 0.25) is 5.91 Å². The fourth-order valence-corrected chi connectivity index (χ4v) is 7.80. The van der Waals surface area contributed by atoms with Crippen LogP contribution in [0.3, 0.4) is 0 Å². The SMILES string of the molecule is CC/C=C\C/C=C\C/C=C\C/C=C\C/C=C\C/C=C\C/C=C\C/C=C\C/C=C\C/C=C\CCCCCCCCCCCCC(=O)NC(CO)C(O)CCCCCCCCCCCCCCC. The molecule has 0 spiro atoms. The minimum Gasteiger partial charge on any atom is -0.394 e. The molecule has 2 unspecified atom stereocenters. The summed E-state index contributed by atoms with van der Waals surface area (Å²) in [5, 5.41) is 23.2. The highest BCUT2D eigenvalue weighted by Gasteiger charge is 2.20. The van der Waals surface area contributed by atoms with Crippen molar-refractivity contribution in [3.05, 3.63) is 122 Å². The molecule has 0 heterocycles. The predicted octanol–water partition coefficient (Wildman–Crippen LogP) is 18.5. The van der Waals surface area contributed by atoms with Crippen LogP contribution >= 0.6 is 0 Å². The van der Waals surface area contributed by atoms with Crippen LogP contribution in [0.15, 0.2) is 122 Å². The molecule has 0 aliphatic heterocycles. The van der Waals surface area contributed by atoms with Gasteiger partial charge in [0.1, 0.15) is 0 Å². The van der Waals surface area contributed by atoms with Crippen LogP contribution in [-0.2, 0) is 4.79 Å². The highest BCUT2D eigenvalue weighted by atomic mass is 16.3. The maximum absolute atomic E-state index is 12.5. The summed E-state index contributed by atoms with van der Waals surface area (Å²) in [5.41, 5.74) is 0. The molecule has 4 nitrogen and oxygen atoms in total. The second-order valence-electron chi connectivity index (χ2n) is 18.3. The van der Waals surface area contributed by atoms with Crippen molar-refractivity contribution in [2.24, 2.45) is 0 Å². The van der Waals surface area contributed by atoms with Crippen LogP contribution in [0.25, 0.3) is 0 Å². The minimum absolute atomic E-state index is 0.0408. The summed E-state index contributed by atoms with van der Waals surface area (Å²) in [6.45, 7) is 4.23. The van der Waals surface area contributed by atoms with Crippen molar-refractivity contribution in [2.45, 2.75) is 257 Å². The smallest absolute Gasteiger partial charge is 0.220 e. The van der Waals surface area contributed by atoms with Gasteiger partial charge in [0.05, 0.1) is 18.8 Å². The molecule has 0 aromatic carbocycles. The van der Waals surface area contributed by atoms with E-state index >= 15 is 0 Å². The number of carbonyl (C=O) groups excluding carboxylic acids is 1. The number of amides is 1. The van der Waals surface area contributed by atoms with Gasteiger partial charge in [-0.05, 0) is 89.9 Å². The van der Waals surface area contributed by atoms with E-state index in [4.69, 9.17) is 0 Å². The van der Waals surface area contributed by atoms with Gasteiger partial charge in [-0.25, -0.2) is 0 Å². The first-order valence-corrected chi connectivity index (χ1v) is 27.7. The third-order valence-electron chi connectivity index (χ3n) is 12.0. The summed E-state index contributed by atoms with van der Waals surface area (Å²) < 4.78 is 0. The van der Waals surface area contributed by atoms with E-state index in [0.717, 1.165) is 89.9 Å². The molecule has 376 valence electrons. The first kappa shape index (κ1) is 62.8. The maximum atomic E-state index is 12.5. The molecule has 2 atom stereocenters. The minimum atomic E-state index is -0.667. The predicted molar refractivity (Wildman–Crippen MR) is 294 cm³/mol. The van der Waals surface area contributed by atoms with Gasteiger partial charge in [-0.1, -0.05) is 270 Å². The molecule has 0 radical (unpaired) electrons. The normalized spacial score (nSPS) is 13.8. The van der Waals surface area contributed by atoms with Crippen LogP contribution in [0.4, 0.5) is 0 Å². The van der Waals surface area contributed by atoms with Crippen LogP contribution in [0.5, 0.6) is 0 Å². The third kappa shape index (κ3) is 51.8. The van der Waals surface area contributed by atoms with Crippen LogP contribution in [-0.4, -0.2) is 34.9 Å². The Bertz CT molecular complexity index is 1310. The van der Waals surface area contributed by atoms with Gasteiger partial charge in [-0.3, -0.25) is 4.79 Å². The highest BCUT2D eigenvalue weighted by molar-refractivity contribution is 5.76. The highest BCUT2D eigenvalue weighted by Crippen LogP contribution is 2.16. The average molecular weight is 913 g/mol. The van der Waals surface area contributed by atoms with Gasteiger partial charge < -0.3 is 15.5 Å². The van der Waals surface area contributed by atoms with E-state index in [9.17, 15) is 15.0 Å². The van der Waals surface area contributed by atoms with Gasteiger partial charge >= 0.3 is 0 Å². The fraction of sp³-hybridized carbons (Fsp3) is 0.661. The van der Waals surface area contributed by atoms with Crippen molar-refractivity contribution in [1.29, 1.82) is 0 Å². The zero-order valence-corrected chi connectivity index (χ0v) is 43.2. The molecule has 0 aromatic heterocycles. The van der Waals surface area contributed by atoms with E-state index in [2.05, 4.69) is 141 Å². The van der Waals surface area contributed by atoms with Crippen LogP contribution in [0.2, 0.25) is 0 Å². The van der Waals surface area contributed by atoms with Crippen molar-refractivity contribution in [2.75, 3.05) is 6.61 Å². The van der Waals surface area contributed by atoms with Crippen molar-refractivity contribution in [3.8, 4) is 0 Å². The first-order valence-electron chi connectivity index (χ1n) is 27.7. The average Bonchev–Trinajstić information content (AvgIpc) is 3.32. The van der Waals surface area contributed by atoms with Crippen LogP contribution < -0.4 is 5.32 Å². The van der Waals surface area contributed by atoms with Gasteiger partial charge in [-0.2, -0.15) is 0 Å². The Morgan fingerprint density at radius 2 is 0.667 bits per heavy atom. The number of rotatable bonds is 49. The molecule has 66 heavy (non-hydrogen) atoms. The van der Waals surface area contributed by atoms with E-state index in [-0.39, 0.29) is 12.5 Å². The summed E-state index contributed by atoms with van der Waals surface area (Å²) in [7, 11) is 0. The topological polar surface area (TPSA) is 69.6 Å². The molecular formula is C62H105NO3. The monoisotopic (exact) mass is 912 g/mol. The van der Waals surface area contributed by atoms with E-state index in [1.54, 1.807) is 0 Å². The fourth-order valence-electron chi connectivity index (χ4n) is 7.80. The van der Waals surface area contributed by atoms with Crippen LogP contribution in [0.1, 0.15) is 245 Å². The lowest BCUT2D eigenvalue weighted by molar-refractivity contribution is -0.123. The quantitative estimate of drug-likeness (QED) is 0.0421. The molecule has 1 amide bonds. The Kier molecular flexibility index (Phi) is 53.4. The third-order valence-corrected chi connectivity index (χ3v) is 12.0. The standard InChI is InChI=1S/C62H105NO3/c1-3-5-7-9-11-13-15-17-18-19-20-21-22-23-24-25-26-27-28-29-30-31-32-33-34-35-36-37-38-39-40-41-42-43-44-46-48-50-52-54-56-58-62(66)63-60(59-64)61(65)57-55-53-51-49-47-45-16-14-12-10-8-6-4-2/h5,7,11,13,17-18,20-21,23-24,26-27,29-30,32-33,35-36,38-39,60-61,64-65H,3-4,6,8-10,12,14-16,19,22,25,28,31,34,37,40-59H2,1-2H3,(H,63,66)/b7-5-,13-11-,18-17-,21-20-,24-23-,27-26-,30-29-,33-32-,36-35-,39-38-. The molecule has 3 N–H and O–H groups in total. The number of aliphatic hydroxyl groups excluding tert-OH is 2. The van der Waals surface area contributed by atoms with Gasteiger partial charge in [-0.15, -0.1) is 0 Å². The number of nitrogens with one attached hydrogen (secondary N) is 1. The number of hydrogen-bond donors (Lipinski definition) is 3. The van der Waals surface area contributed by atoms with Gasteiger partial charge in [0.25, 0.3) is 0 Å². The molecule has 0 rings (SSSR count).